The molecule has 3 nitrogen and oxygen atoms in total. The molecule has 120 valence electrons. The Hall–Kier alpha value is -1.34. The number of hydrogen-bond acceptors (Lipinski definition) is 3. The van der Waals surface area contributed by atoms with Crippen molar-refractivity contribution >= 4 is 0 Å². The predicted octanol–water partition coefficient (Wildman–Crippen LogP) is 3.45. The van der Waals surface area contributed by atoms with Gasteiger partial charge in [0.05, 0.1) is 7.11 Å². The van der Waals surface area contributed by atoms with Crippen molar-refractivity contribution in [3.8, 4) is 5.75 Å². The highest BCUT2D eigenvalue weighted by Crippen LogP contribution is 2.24. The average Bonchev–Trinajstić information content (AvgIpc) is 2.41. The van der Waals surface area contributed by atoms with Gasteiger partial charge in [0.2, 0.25) is 0 Å². The molecule has 0 spiro atoms. The number of halogens is 4. The van der Waals surface area contributed by atoms with Crippen molar-refractivity contribution in [2.75, 3.05) is 26.9 Å². The van der Waals surface area contributed by atoms with Gasteiger partial charge in [-0.15, -0.1) is 0 Å². The quantitative estimate of drug-likeness (QED) is 0.589. The van der Waals surface area contributed by atoms with Gasteiger partial charge in [-0.2, -0.15) is 13.2 Å². The van der Waals surface area contributed by atoms with Crippen LogP contribution in [0, 0.1) is 5.82 Å². The lowest BCUT2D eigenvalue weighted by molar-refractivity contribution is -0.174. The summed E-state index contributed by atoms with van der Waals surface area (Å²) in [6.45, 7) is 1.13. The zero-order valence-electron chi connectivity index (χ0n) is 12.0. The minimum Gasteiger partial charge on any atom is -0.494 e. The standard InChI is InChI=1S/C14H19F4NO2/c1-3-19-12(6-7-21-9-14(16,17)18)10-4-5-13(20-2)11(15)8-10/h4-5,8,12,19H,3,6-7,9H2,1-2H3. The molecule has 0 aliphatic carbocycles. The molecule has 1 N–H and O–H groups in total. The molecule has 1 aromatic rings. The SMILES string of the molecule is CCNC(CCOCC(F)(F)F)c1ccc(OC)c(F)c1. The van der Waals surface area contributed by atoms with Crippen LogP contribution < -0.4 is 10.1 Å². The monoisotopic (exact) mass is 309 g/mol. The van der Waals surface area contributed by atoms with Crippen LogP contribution in [0.2, 0.25) is 0 Å². The van der Waals surface area contributed by atoms with Gasteiger partial charge in [-0.1, -0.05) is 13.0 Å². The van der Waals surface area contributed by atoms with E-state index in [-0.39, 0.29) is 18.4 Å². The topological polar surface area (TPSA) is 30.5 Å². The van der Waals surface area contributed by atoms with Crippen molar-refractivity contribution in [1.29, 1.82) is 0 Å². The van der Waals surface area contributed by atoms with Gasteiger partial charge in [-0.3, -0.25) is 0 Å². The van der Waals surface area contributed by atoms with Crippen LogP contribution >= 0.6 is 0 Å². The van der Waals surface area contributed by atoms with E-state index in [0.717, 1.165) is 0 Å². The molecular weight excluding hydrogens is 290 g/mol. The molecule has 0 fully saturated rings. The largest absolute Gasteiger partial charge is 0.494 e. The number of nitrogens with one attached hydrogen (secondary N) is 1. The third-order valence-electron chi connectivity index (χ3n) is 2.85. The fourth-order valence-electron chi connectivity index (χ4n) is 1.92. The molecule has 1 atom stereocenters. The molecule has 7 heteroatoms. The van der Waals surface area contributed by atoms with Crippen LogP contribution in [0.25, 0.3) is 0 Å². The van der Waals surface area contributed by atoms with Gasteiger partial charge in [0, 0.05) is 12.6 Å². The van der Waals surface area contributed by atoms with Gasteiger partial charge in [-0.05, 0) is 30.7 Å². The first-order valence-electron chi connectivity index (χ1n) is 6.58. The highest BCUT2D eigenvalue weighted by Gasteiger charge is 2.27. The van der Waals surface area contributed by atoms with Gasteiger partial charge in [0.1, 0.15) is 6.61 Å². The number of ether oxygens (including phenoxy) is 2. The fourth-order valence-corrected chi connectivity index (χ4v) is 1.92. The Balaban J connectivity index is 2.62. The van der Waals surface area contributed by atoms with Crippen LogP contribution in [0.1, 0.15) is 24.9 Å². The lowest BCUT2D eigenvalue weighted by Crippen LogP contribution is -2.24. The van der Waals surface area contributed by atoms with Crippen molar-refractivity contribution in [2.24, 2.45) is 0 Å². The molecule has 0 aliphatic heterocycles. The molecule has 1 unspecified atom stereocenters. The van der Waals surface area contributed by atoms with Crippen LogP contribution in [-0.4, -0.2) is 33.0 Å². The Morgan fingerprint density at radius 3 is 2.52 bits per heavy atom. The molecule has 0 heterocycles. The van der Waals surface area contributed by atoms with Gasteiger partial charge >= 0.3 is 6.18 Å². The van der Waals surface area contributed by atoms with E-state index in [1.54, 1.807) is 6.07 Å². The smallest absolute Gasteiger partial charge is 0.411 e. The maximum Gasteiger partial charge on any atom is 0.411 e. The molecule has 0 aliphatic rings. The summed E-state index contributed by atoms with van der Waals surface area (Å²) in [7, 11) is 1.37. The normalized spacial score (nSPS) is 13.2. The summed E-state index contributed by atoms with van der Waals surface area (Å²) in [6.07, 6.45) is -4.02. The minimum atomic E-state index is -4.33. The predicted molar refractivity (Wildman–Crippen MR) is 70.9 cm³/mol. The number of alkyl halides is 3. The van der Waals surface area contributed by atoms with Gasteiger partial charge in [0.15, 0.2) is 11.6 Å². The van der Waals surface area contributed by atoms with Gasteiger partial charge in [-0.25, -0.2) is 4.39 Å². The molecule has 0 bridgehead atoms. The zero-order chi connectivity index (χ0) is 15.9. The van der Waals surface area contributed by atoms with Crippen LogP contribution in [0.5, 0.6) is 5.75 Å². The van der Waals surface area contributed by atoms with Gasteiger partial charge < -0.3 is 14.8 Å². The Morgan fingerprint density at radius 1 is 1.29 bits per heavy atom. The van der Waals surface area contributed by atoms with Crippen LogP contribution in [-0.2, 0) is 4.74 Å². The van der Waals surface area contributed by atoms with Crippen LogP contribution in [0.15, 0.2) is 18.2 Å². The summed E-state index contributed by atoms with van der Waals surface area (Å²) >= 11 is 0. The van der Waals surface area contributed by atoms with E-state index >= 15 is 0 Å². The molecule has 0 saturated carbocycles. The first kappa shape index (κ1) is 17.7. The number of benzene rings is 1. The lowest BCUT2D eigenvalue weighted by atomic mass is 10.0. The maximum absolute atomic E-state index is 13.7. The van der Waals surface area contributed by atoms with E-state index in [1.165, 1.54) is 19.2 Å². The Labute approximate surface area is 121 Å². The minimum absolute atomic E-state index is 0.0647. The summed E-state index contributed by atoms with van der Waals surface area (Å²) in [4.78, 5) is 0. The summed E-state index contributed by atoms with van der Waals surface area (Å²) in [5.74, 6) is -0.378. The third kappa shape index (κ3) is 6.31. The molecule has 0 radical (unpaired) electrons. The van der Waals surface area contributed by atoms with E-state index < -0.39 is 18.6 Å². The second-order valence-corrected chi connectivity index (χ2v) is 4.46. The maximum atomic E-state index is 13.7. The first-order chi connectivity index (χ1) is 9.87. The van der Waals surface area contributed by atoms with E-state index in [4.69, 9.17) is 4.74 Å². The van der Waals surface area contributed by atoms with E-state index in [0.29, 0.717) is 18.5 Å². The molecular formula is C14H19F4NO2. The molecule has 1 rings (SSSR count). The second-order valence-electron chi connectivity index (χ2n) is 4.46. The molecule has 1 aromatic carbocycles. The number of methoxy groups -OCH3 is 1. The summed E-state index contributed by atoms with van der Waals surface area (Å²) in [5, 5.41) is 3.09. The Bertz CT molecular complexity index is 437. The highest BCUT2D eigenvalue weighted by atomic mass is 19.4. The van der Waals surface area contributed by atoms with Crippen LogP contribution in [0.3, 0.4) is 0 Å². The van der Waals surface area contributed by atoms with Crippen molar-refractivity contribution in [3.05, 3.63) is 29.6 Å². The van der Waals surface area contributed by atoms with E-state index in [2.05, 4.69) is 10.1 Å². The highest BCUT2D eigenvalue weighted by molar-refractivity contribution is 5.31. The summed E-state index contributed by atoms with van der Waals surface area (Å²) in [6, 6.07) is 4.21. The van der Waals surface area contributed by atoms with Crippen molar-refractivity contribution < 1.29 is 27.0 Å². The molecule has 0 saturated heterocycles. The average molecular weight is 309 g/mol. The first-order valence-corrected chi connectivity index (χ1v) is 6.58. The van der Waals surface area contributed by atoms with Crippen molar-refractivity contribution in [3.63, 3.8) is 0 Å². The molecule has 21 heavy (non-hydrogen) atoms. The second kappa shape index (κ2) is 8.19. The zero-order valence-corrected chi connectivity index (χ0v) is 12.0. The molecule has 0 aromatic heterocycles. The number of rotatable bonds is 8. The Kier molecular flexibility index (Phi) is 6.91. The third-order valence-corrected chi connectivity index (χ3v) is 2.85. The van der Waals surface area contributed by atoms with E-state index in [1.807, 2.05) is 6.92 Å². The lowest BCUT2D eigenvalue weighted by Gasteiger charge is -2.19. The molecule has 0 amide bonds. The van der Waals surface area contributed by atoms with Crippen molar-refractivity contribution in [2.45, 2.75) is 25.6 Å². The van der Waals surface area contributed by atoms with Gasteiger partial charge in [0.25, 0.3) is 0 Å². The fraction of sp³-hybridized carbons (Fsp3) is 0.571. The summed E-state index contributed by atoms with van der Waals surface area (Å²) < 4.78 is 59.0. The van der Waals surface area contributed by atoms with Crippen molar-refractivity contribution in [1.82, 2.24) is 5.32 Å². The Morgan fingerprint density at radius 2 is 2.00 bits per heavy atom. The summed E-state index contributed by atoms with van der Waals surface area (Å²) in [5.41, 5.74) is 0.644. The number of hydrogen-bond donors (Lipinski definition) is 1. The van der Waals surface area contributed by atoms with E-state index in [9.17, 15) is 17.6 Å². The van der Waals surface area contributed by atoms with Crippen LogP contribution in [0.4, 0.5) is 17.6 Å².